The lowest BCUT2D eigenvalue weighted by Gasteiger charge is -2.32. The molecule has 0 bridgehead atoms. The molecule has 1 N–H and O–H groups in total. The molecule has 0 radical (unpaired) electrons. The SMILES string of the molecule is CCCCCCCCN(C=O)C(C)C(=O)N(C)[C@@H](C)Cc1ccc(-c2cccc(CN(CCCC)C(=O)NC)c2)cc1. The normalized spacial score (nSPS) is 12.3. The van der Waals surface area contributed by atoms with Crippen LogP contribution in [0.1, 0.15) is 90.2 Å². The summed E-state index contributed by atoms with van der Waals surface area (Å²) < 4.78 is 0. The number of carbonyl (C=O) groups is 3. The van der Waals surface area contributed by atoms with Crippen molar-refractivity contribution >= 4 is 18.3 Å². The number of unbranched alkanes of at least 4 members (excludes halogenated alkanes) is 6. The minimum atomic E-state index is -0.471. The molecule has 0 aliphatic heterocycles. The molecule has 42 heavy (non-hydrogen) atoms. The summed E-state index contributed by atoms with van der Waals surface area (Å²) in [6, 6.07) is 16.3. The minimum absolute atomic E-state index is 0.00418. The summed E-state index contributed by atoms with van der Waals surface area (Å²) in [6.07, 6.45) is 10.5. The molecule has 0 fully saturated rings. The second-order valence-electron chi connectivity index (χ2n) is 11.5. The Morgan fingerprint density at radius 3 is 2.14 bits per heavy atom. The summed E-state index contributed by atoms with van der Waals surface area (Å²) in [5, 5.41) is 2.75. The maximum Gasteiger partial charge on any atom is 0.317 e. The number of hydrogen-bond donors (Lipinski definition) is 1. The molecule has 4 amide bonds. The summed E-state index contributed by atoms with van der Waals surface area (Å²) in [5.74, 6) is -0.0289. The van der Waals surface area contributed by atoms with Crippen LogP contribution in [0.4, 0.5) is 4.79 Å². The third-order valence-corrected chi connectivity index (χ3v) is 8.17. The summed E-state index contributed by atoms with van der Waals surface area (Å²) in [7, 11) is 3.51. The van der Waals surface area contributed by atoms with Gasteiger partial charge in [-0.25, -0.2) is 4.79 Å². The number of hydrogen-bond acceptors (Lipinski definition) is 3. The fraction of sp³-hybridized carbons (Fsp3) is 0.571. The Morgan fingerprint density at radius 1 is 0.833 bits per heavy atom. The minimum Gasteiger partial charge on any atom is -0.341 e. The molecule has 2 aromatic carbocycles. The van der Waals surface area contributed by atoms with E-state index in [0.717, 1.165) is 67.3 Å². The van der Waals surface area contributed by atoms with E-state index in [1.165, 1.54) is 25.7 Å². The Bertz CT molecular complexity index is 1090. The molecule has 0 heterocycles. The van der Waals surface area contributed by atoms with Crippen molar-refractivity contribution in [3.8, 4) is 11.1 Å². The first-order valence-corrected chi connectivity index (χ1v) is 15.9. The molecule has 232 valence electrons. The molecule has 0 aliphatic rings. The van der Waals surface area contributed by atoms with Gasteiger partial charge in [-0.05, 0) is 61.4 Å². The van der Waals surface area contributed by atoms with Crippen LogP contribution in [-0.2, 0) is 22.6 Å². The van der Waals surface area contributed by atoms with E-state index >= 15 is 0 Å². The topological polar surface area (TPSA) is 73.0 Å². The van der Waals surface area contributed by atoms with E-state index in [2.05, 4.69) is 68.6 Å². The van der Waals surface area contributed by atoms with Gasteiger partial charge in [-0.2, -0.15) is 0 Å². The van der Waals surface area contributed by atoms with Gasteiger partial charge in [-0.1, -0.05) is 94.8 Å². The molecular weight excluding hydrogens is 524 g/mol. The maximum absolute atomic E-state index is 13.2. The third-order valence-electron chi connectivity index (χ3n) is 8.17. The van der Waals surface area contributed by atoms with Crippen molar-refractivity contribution in [1.82, 2.24) is 20.0 Å². The Morgan fingerprint density at radius 2 is 1.50 bits per heavy atom. The van der Waals surface area contributed by atoms with Crippen molar-refractivity contribution in [3.63, 3.8) is 0 Å². The highest BCUT2D eigenvalue weighted by Crippen LogP contribution is 2.23. The zero-order chi connectivity index (χ0) is 30.9. The van der Waals surface area contributed by atoms with Crippen LogP contribution in [-0.4, -0.2) is 72.3 Å². The highest BCUT2D eigenvalue weighted by molar-refractivity contribution is 5.83. The van der Waals surface area contributed by atoms with Crippen molar-refractivity contribution in [2.24, 2.45) is 0 Å². The van der Waals surface area contributed by atoms with Crippen LogP contribution in [0.3, 0.4) is 0 Å². The molecule has 2 rings (SSSR count). The van der Waals surface area contributed by atoms with Crippen molar-refractivity contribution in [2.75, 3.05) is 27.2 Å². The second-order valence-corrected chi connectivity index (χ2v) is 11.5. The van der Waals surface area contributed by atoms with E-state index in [9.17, 15) is 14.4 Å². The van der Waals surface area contributed by atoms with Crippen LogP contribution in [0.15, 0.2) is 48.5 Å². The van der Waals surface area contributed by atoms with Gasteiger partial charge in [0.15, 0.2) is 0 Å². The van der Waals surface area contributed by atoms with Gasteiger partial charge in [-0.15, -0.1) is 0 Å². The fourth-order valence-electron chi connectivity index (χ4n) is 5.21. The molecule has 2 aromatic rings. The van der Waals surface area contributed by atoms with Crippen molar-refractivity contribution < 1.29 is 14.4 Å². The van der Waals surface area contributed by atoms with Gasteiger partial charge in [0.05, 0.1) is 0 Å². The number of rotatable bonds is 19. The zero-order valence-electron chi connectivity index (χ0n) is 26.9. The number of nitrogens with zero attached hydrogens (tertiary/aromatic N) is 3. The summed E-state index contributed by atoms with van der Waals surface area (Å²) in [4.78, 5) is 42.6. The highest BCUT2D eigenvalue weighted by atomic mass is 16.2. The molecule has 0 saturated carbocycles. The number of carbonyl (C=O) groups excluding carboxylic acids is 3. The molecule has 0 aromatic heterocycles. The fourth-order valence-corrected chi connectivity index (χ4v) is 5.21. The summed E-state index contributed by atoms with van der Waals surface area (Å²) >= 11 is 0. The standard InChI is InChI=1S/C35H54N4O3/c1-7-9-11-12-13-14-23-39(27-40)29(4)34(41)37(6)28(3)24-30-18-20-32(21-19-30)33-17-15-16-31(25-33)26-38(22-10-8-2)35(42)36-5/h15-21,25,27-29H,7-14,22-24,26H2,1-6H3,(H,36,42)/t28-,29?/m0/s1. The van der Waals surface area contributed by atoms with Crippen molar-refractivity contribution in [2.45, 2.75) is 104 Å². The first-order valence-electron chi connectivity index (χ1n) is 15.9. The smallest absolute Gasteiger partial charge is 0.317 e. The second kappa shape index (κ2) is 19.0. The first-order chi connectivity index (χ1) is 20.2. The Balaban J connectivity index is 1.97. The molecular formula is C35H54N4O3. The van der Waals surface area contributed by atoms with Crippen LogP contribution in [0.2, 0.25) is 0 Å². The maximum atomic E-state index is 13.2. The lowest BCUT2D eigenvalue weighted by Crippen LogP contribution is -2.48. The van der Waals surface area contributed by atoms with E-state index in [0.29, 0.717) is 13.1 Å². The molecule has 7 nitrogen and oxygen atoms in total. The van der Waals surface area contributed by atoms with Crippen LogP contribution in [0, 0.1) is 0 Å². The van der Waals surface area contributed by atoms with Gasteiger partial charge in [0.25, 0.3) is 0 Å². The predicted molar refractivity (Wildman–Crippen MR) is 173 cm³/mol. The number of amides is 4. The number of likely N-dealkylation sites (N-methyl/N-ethyl adjacent to an activating group) is 1. The monoisotopic (exact) mass is 578 g/mol. The summed E-state index contributed by atoms with van der Waals surface area (Å²) in [5.41, 5.74) is 4.47. The third kappa shape index (κ3) is 11.1. The van der Waals surface area contributed by atoms with Crippen molar-refractivity contribution in [1.29, 1.82) is 0 Å². The van der Waals surface area contributed by atoms with Gasteiger partial charge in [0.1, 0.15) is 6.04 Å². The molecule has 7 heteroatoms. The average Bonchev–Trinajstić information content (AvgIpc) is 3.01. The summed E-state index contributed by atoms with van der Waals surface area (Å²) in [6.45, 7) is 10.1. The quantitative estimate of drug-likeness (QED) is 0.146. The van der Waals surface area contributed by atoms with Gasteiger partial charge in [0.2, 0.25) is 12.3 Å². The van der Waals surface area contributed by atoms with Crippen LogP contribution in [0.25, 0.3) is 11.1 Å². The van der Waals surface area contributed by atoms with Crippen LogP contribution < -0.4 is 5.32 Å². The number of urea groups is 1. The van der Waals surface area contributed by atoms with Crippen LogP contribution in [0.5, 0.6) is 0 Å². The largest absolute Gasteiger partial charge is 0.341 e. The molecule has 0 aliphatic carbocycles. The van der Waals surface area contributed by atoms with E-state index in [1.54, 1.807) is 16.8 Å². The average molecular weight is 579 g/mol. The lowest BCUT2D eigenvalue weighted by molar-refractivity contribution is -0.140. The van der Waals surface area contributed by atoms with E-state index in [4.69, 9.17) is 0 Å². The van der Waals surface area contributed by atoms with Crippen LogP contribution >= 0.6 is 0 Å². The van der Waals surface area contributed by atoms with Gasteiger partial charge < -0.3 is 20.0 Å². The van der Waals surface area contributed by atoms with E-state index < -0.39 is 6.04 Å². The molecule has 2 atom stereocenters. The van der Waals surface area contributed by atoms with E-state index in [-0.39, 0.29) is 18.0 Å². The lowest BCUT2D eigenvalue weighted by atomic mass is 9.99. The Hall–Kier alpha value is -3.35. The Labute approximate surface area is 254 Å². The Kier molecular flexibility index (Phi) is 15.7. The van der Waals surface area contributed by atoms with Gasteiger partial charge >= 0.3 is 6.03 Å². The highest BCUT2D eigenvalue weighted by Gasteiger charge is 2.26. The molecule has 0 saturated heterocycles. The molecule has 0 spiro atoms. The molecule has 1 unspecified atom stereocenters. The number of benzene rings is 2. The predicted octanol–water partition coefficient (Wildman–Crippen LogP) is 6.89. The first kappa shape index (κ1) is 34.8. The number of nitrogens with one attached hydrogen (secondary N) is 1. The van der Waals surface area contributed by atoms with Gasteiger partial charge in [0, 0.05) is 39.8 Å². The van der Waals surface area contributed by atoms with Gasteiger partial charge in [-0.3, -0.25) is 9.59 Å². The van der Waals surface area contributed by atoms with E-state index in [1.807, 2.05) is 24.9 Å². The van der Waals surface area contributed by atoms with Crippen molar-refractivity contribution in [3.05, 3.63) is 59.7 Å². The zero-order valence-corrected chi connectivity index (χ0v) is 26.9.